The van der Waals surface area contributed by atoms with E-state index in [2.05, 4.69) is 102 Å². The van der Waals surface area contributed by atoms with Gasteiger partial charge in [0.05, 0.1) is 27.6 Å². The molecule has 0 saturated heterocycles. The lowest BCUT2D eigenvalue weighted by Crippen LogP contribution is -1.97. The molecule has 0 aliphatic rings. The summed E-state index contributed by atoms with van der Waals surface area (Å²) < 4.78 is 15.6. The van der Waals surface area contributed by atoms with E-state index in [0.29, 0.717) is 5.82 Å². The zero-order valence-electron chi connectivity index (χ0n) is 26.1. The monoisotopic (exact) mass is 627 g/mol. The summed E-state index contributed by atoms with van der Waals surface area (Å²) in [6.07, 6.45) is 0. The summed E-state index contributed by atoms with van der Waals surface area (Å²) >= 11 is 0. The van der Waals surface area contributed by atoms with Gasteiger partial charge in [-0.2, -0.15) is 0 Å². The lowest BCUT2D eigenvalue weighted by Gasteiger charge is -2.12. The standard InChI is InChI=1S/C44H25N3O2/c1-2-12-26(13-3-1)40-29-14-4-8-18-33(29)45-44(46-40)27-22-24-28(25-23-27)47-34-19-9-5-15-30(34)37-38-31-16-6-10-20-35(31)48-42(38)43-39(41(37)47)32-17-7-11-21-36(32)49-43/h1-25H. The minimum atomic E-state index is 0.695. The first-order valence-electron chi connectivity index (χ1n) is 16.4. The molecule has 5 nitrogen and oxygen atoms in total. The molecule has 5 heteroatoms. The summed E-state index contributed by atoms with van der Waals surface area (Å²) in [6, 6.07) is 52.3. The fraction of sp³-hybridized carbons (Fsp3) is 0. The molecule has 0 spiro atoms. The van der Waals surface area contributed by atoms with Gasteiger partial charge in [0.1, 0.15) is 11.2 Å². The van der Waals surface area contributed by atoms with Gasteiger partial charge < -0.3 is 13.4 Å². The van der Waals surface area contributed by atoms with Crippen LogP contribution < -0.4 is 0 Å². The van der Waals surface area contributed by atoms with Crippen molar-refractivity contribution in [3.05, 3.63) is 152 Å². The predicted molar refractivity (Wildman–Crippen MR) is 199 cm³/mol. The van der Waals surface area contributed by atoms with Crippen molar-refractivity contribution in [1.29, 1.82) is 0 Å². The zero-order valence-corrected chi connectivity index (χ0v) is 26.1. The van der Waals surface area contributed by atoms with Crippen molar-refractivity contribution in [2.75, 3.05) is 0 Å². The molecular weight excluding hydrogens is 603 g/mol. The van der Waals surface area contributed by atoms with E-state index >= 15 is 0 Å². The minimum absolute atomic E-state index is 0.695. The van der Waals surface area contributed by atoms with Crippen molar-refractivity contribution in [1.82, 2.24) is 14.5 Å². The average Bonchev–Trinajstić information content (AvgIpc) is 3.85. The van der Waals surface area contributed by atoms with Crippen molar-refractivity contribution in [2.24, 2.45) is 0 Å². The second-order valence-electron chi connectivity index (χ2n) is 12.5. The quantitative estimate of drug-likeness (QED) is 0.196. The van der Waals surface area contributed by atoms with Crippen molar-refractivity contribution >= 4 is 76.6 Å². The second-order valence-corrected chi connectivity index (χ2v) is 12.5. The first-order chi connectivity index (χ1) is 24.3. The van der Waals surface area contributed by atoms with Crippen molar-refractivity contribution in [2.45, 2.75) is 0 Å². The maximum atomic E-state index is 6.63. The van der Waals surface area contributed by atoms with Crippen LogP contribution in [0.15, 0.2) is 160 Å². The predicted octanol–water partition coefficient (Wildman–Crippen LogP) is 11.9. The molecule has 0 atom stereocenters. The number of para-hydroxylation sites is 4. The number of rotatable bonds is 3. The SMILES string of the molecule is c1ccc(-c2nc(-c3ccc(-n4c5ccccc5c5c6c7ccccc7oc6c6oc7ccccc7c6c54)cc3)nc3ccccc23)cc1. The highest BCUT2D eigenvalue weighted by molar-refractivity contribution is 6.38. The topological polar surface area (TPSA) is 57.0 Å². The van der Waals surface area contributed by atoms with Crippen LogP contribution in [0, 0.1) is 0 Å². The molecule has 0 bridgehead atoms. The number of nitrogens with zero attached hydrogens (tertiary/aromatic N) is 3. The molecule has 11 rings (SSSR count). The highest BCUT2D eigenvalue weighted by atomic mass is 16.4. The van der Waals surface area contributed by atoms with E-state index in [4.69, 9.17) is 18.8 Å². The molecule has 0 aliphatic carbocycles. The molecule has 0 fully saturated rings. The smallest absolute Gasteiger partial charge is 0.180 e. The molecule has 4 heterocycles. The molecule has 49 heavy (non-hydrogen) atoms. The van der Waals surface area contributed by atoms with Crippen LogP contribution in [0.25, 0.3) is 105 Å². The van der Waals surface area contributed by atoms with Crippen LogP contribution in [0.2, 0.25) is 0 Å². The molecular formula is C44H25N3O2. The van der Waals surface area contributed by atoms with Gasteiger partial charge in [0.2, 0.25) is 0 Å². The first kappa shape index (κ1) is 26.4. The second kappa shape index (κ2) is 9.89. The lowest BCUT2D eigenvalue weighted by atomic mass is 10.0. The Morgan fingerprint density at radius 3 is 1.78 bits per heavy atom. The number of fused-ring (bicyclic) bond motifs is 13. The molecule has 0 radical (unpaired) electrons. The van der Waals surface area contributed by atoms with E-state index in [1.807, 2.05) is 54.6 Å². The molecule has 0 N–H and O–H groups in total. The third-order valence-electron chi connectivity index (χ3n) is 9.79. The summed E-state index contributed by atoms with van der Waals surface area (Å²) in [7, 11) is 0. The molecule has 228 valence electrons. The van der Waals surface area contributed by atoms with Gasteiger partial charge in [-0.3, -0.25) is 0 Å². The maximum Gasteiger partial charge on any atom is 0.180 e. The van der Waals surface area contributed by atoms with Gasteiger partial charge in [-0.25, -0.2) is 9.97 Å². The summed E-state index contributed by atoms with van der Waals surface area (Å²) in [4.78, 5) is 10.1. The highest BCUT2D eigenvalue weighted by Gasteiger charge is 2.26. The van der Waals surface area contributed by atoms with E-state index in [9.17, 15) is 0 Å². The van der Waals surface area contributed by atoms with Gasteiger partial charge in [0.25, 0.3) is 0 Å². The van der Waals surface area contributed by atoms with Crippen LogP contribution >= 0.6 is 0 Å². The summed E-state index contributed by atoms with van der Waals surface area (Å²) in [5.74, 6) is 0.695. The molecule has 0 saturated carbocycles. The number of furan rings is 2. The Kier molecular flexibility index (Phi) is 5.32. The number of hydrogen-bond acceptors (Lipinski definition) is 4. The normalized spacial score (nSPS) is 12.1. The van der Waals surface area contributed by atoms with E-state index in [0.717, 1.165) is 99.1 Å². The van der Waals surface area contributed by atoms with Gasteiger partial charge in [-0.05, 0) is 48.5 Å². The van der Waals surface area contributed by atoms with Crippen LogP contribution in [0.3, 0.4) is 0 Å². The van der Waals surface area contributed by atoms with Crippen LogP contribution in [-0.4, -0.2) is 14.5 Å². The van der Waals surface area contributed by atoms with E-state index in [1.165, 1.54) is 0 Å². The van der Waals surface area contributed by atoms with Gasteiger partial charge in [-0.15, -0.1) is 0 Å². The third-order valence-corrected chi connectivity index (χ3v) is 9.79. The Hall–Kier alpha value is -6.72. The van der Waals surface area contributed by atoms with Gasteiger partial charge in [0.15, 0.2) is 17.0 Å². The average molecular weight is 628 g/mol. The minimum Gasteiger partial charge on any atom is -0.452 e. The lowest BCUT2D eigenvalue weighted by molar-refractivity contribution is 0.633. The molecule has 11 aromatic rings. The number of hydrogen-bond donors (Lipinski definition) is 0. The Morgan fingerprint density at radius 1 is 0.429 bits per heavy atom. The van der Waals surface area contributed by atoms with Crippen molar-refractivity contribution < 1.29 is 8.83 Å². The zero-order chi connectivity index (χ0) is 32.1. The third kappa shape index (κ3) is 3.70. The maximum absolute atomic E-state index is 6.63. The molecule has 4 aromatic heterocycles. The van der Waals surface area contributed by atoms with E-state index < -0.39 is 0 Å². The number of benzene rings is 7. The number of aromatic nitrogens is 3. The Balaban J connectivity index is 1.21. The fourth-order valence-corrected chi connectivity index (χ4v) is 7.67. The highest BCUT2D eigenvalue weighted by Crippen LogP contribution is 2.48. The fourth-order valence-electron chi connectivity index (χ4n) is 7.67. The Morgan fingerprint density at radius 2 is 1.02 bits per heavy atom. The van der Waals surface area contributed by atoms with Crippen LogP contribution in [-0.2, 0) is 0 Å². The molecule has 0 aliphatic heterocycles. The van der Waals surface area contributed by atoms with E-state index in [-0.39, 0.29) is 0 Å². The van der Waals surface area contributed by atoms with Gasteiger partial charge in [-0.1, -0.05) is 103 Å². The molecule has 7 aromatic carbocycles. The van der Waals surface area contributed by atoms with Crippen LogP contribution in [0.4, 0.5) is 0 Å². The molecule has 0 amide bonds. The largest absolute Gasteiger partial charge is 0.452 e. The van der Waals surface area contributed by atoms with Crippen molar-refractivity contribution in [3.63, 3.8) is 0 Å². The summed E-state index contributed by atoms with van der Waals surface area (Å²) in [5, 5.41) is 7.60. The Bertz CT molecular complexity index is 3090. The molecule has 0 unspecified atom stereocenters. The van der Waals surface area contributed by atoms with Crippen LogP contribution in [0.1, 0.15) is 0 Å². The van der Waals surface area contributed by atoms with Gasteiger partial charge >= 0.3 is 0 Å². The van der Waals surface area contributed by atoms with Gasteiger partial charge in [0, 0.05) is 49.1 Å². The van der Waals surface area contributed by atoms with E-state index in [1.54, 1.807) is 0 Å². The summed E-state index contributed by atoms with van der Waals surface area (Å²) in [5.41, 5.74) is 10.3. The Labute approximate surface area is 279 Å². The first-order valence-corrected chi connectivity index (χ1v) is 16.4. The summed E-state index contributed by atoms with van der Waals surface area (Å²) in [6.45, 7) is 0. The van der Waals surface area contributed by atoms with Crippen LogP contribution in [0.5, 0.6) is 0 Å². The van der Waals surface area contributed by atoms with Crippen molar-refractivity contribution in [3.8, 4) is 28.3 Å².